The molecule has 0 saturated carbocycles. The van der Waals surface area contributed by atoms with Crippen LogP contribution in [0.5, 0.6) is 5.75 Å². The summed E-state index contributed by atoms with van der Waals surface area (Å²) in [7, 11) is -2.07. The van der Waals surface area contributed by atoms with Gasteiger partial charge >= 0.3 is 0 Å². The van der Waals surface area contributed by atoms with Gasteiger partial charge in [0.25, 0.3) is 0 Å². The number of rotatable bonds is 5. The first-order chi connectivity index (χ1) is 12.8. The van der Waals surface area contributed by atoms with E-state index >= 15 is 0 Å². The SMILES string of the molecule is COc1cc(S(=O)(=O)c2ccc(C)cc2)ccc1Nc1cc(C)ccc1C. The smallest absolute Gasteiger partial charge is 0.206 e. The van der Waals surface area contributed by atoms with E-state index in [0.717, 1.165) is 22.4 Å². The van der Waals surface area contributed by atoms with Crippen LogP contribution in [0.15, 0.2) is 70.5 Å². The highest BCUT2D eigenvalue weighted by atomic mass is 32.2. The molecule has 4 nitrogen and oxygen atoms in total. The van der Waals surface area contributed by atoms with E-state index < -0.39 is 9.84 Å². The van der Waals surface area contributed by atoms with Crippen LogP contribution in [0.3, 0.4) is 0 Å². The van der Waals surface area contributed by atoms with E-state index in [1.54, 1.807) is 42.5 Å². The highest BCUT2D eigenvalue weighted by molar-refractivity contribution is 7.91. The fourth-order valence-corrected chi connectivity index (χ4v) is 4.09. The van der Waals surface area contributed by atoms with Gasteiger partial charge < -0.3 is 10.1 Å². The molecular weight excluding hydrogens is 358 g/mol. The maximum Gasteiger partial charge on any atom is 0.206 e. The topological polar surface area (TPSA) is 55.4 Å². The summed E-state index contributed by atoms with van der Waals surface area (Å²) in [6, 6.07) is 17.9. The predicted octanol–water partition coefficient (Wildman–Crippen LogP) is 5.20. The lowest BCUT2D eigenvalue weighted by Crippen LogP contribution is -2.04. The molecule has 0 spiro atoms. The van der Waals surface area contributed by atoms with E-state index in [1.165, 1.54) is 7.11 Å². The molecular formula is C22H23NO3S. The van der Waals surface area contributed by atoms with Crippen molar-refractivity contribution in [2.24, 2.45) is 0 Å². The van der Waals surface area contributed by atoms with Crippen molar-refractivity contribution in [3.63, 3.8) is 0 Å². The predicted molar refractivity (Wildman–Crippen MR) is 109 cm³/mol. The van der Waals surface area contributed by atoms with Crippen molar-refractivity contribution in [1.82, 2.24) is 0 Å². The third-order valence-corrected chi connectivity index (χ3v) is 6.24. The molecule has 140 valence electrons. The molecule has 3 aromatic carbocycles. The maximum atomic E-state index is 12.9. The highest BCUT2D eigenvalue weighted by Gasteiger charge is 2.19. The van der Waals surface area contributed by atoms with Gasteiger partial charge in [0.15, 0.2) is 0 Å². The minimum absolute atomic E-state index is 0.203. The molecule has 3 aromatic rings. The number of methoxy groups -OCH3 is 1. The summed E-state index contributed by atoms with van der Waals surface area (Å²) >= 11 is 0. The summed E-state index contributed by atoms with van der Waals surface area (Å²) in [5.74, 6) is 0.476. The van der Waals surface area contributed by atoms with Gasteiger partial charge in [-0.05, 0) is 62.2 Å². The first-order valence-corrected chi connectivity index (χ1v) is 10.1. The minimum atomic E-state index is -3.60. The summed E-state index contributed by atoms with van der Waals surface area (Å²) in [4.78, 5) is 0.472. The number of nitrogens with one attached hydrogen (secondary N) is 1. The molecule has 0 fully saturated rings. The van der Waals surface area contributed by atoms with Gasteiger partial charge in [0, 0.05) is 11.8 Å². The van der Waals surface area contributed by atoms with Crippen LogP contribution >= 0.6 is 0 Å². The number of ether oxygens (including phenoxy) is 1. The molecule has 0 radical (unpaired) electrons. The Kier molecular flexibility index (Phi) is 5.24. The van der Waals surface area contributed by atoms with E-state index in [1.807, 2.05) is 32.9 Å². The van der Waals surface area contributed by atoms with Crippen molar-refractivity contribution in [2.75, 3.05) is 12.4 Å². The van der Waals surface area contributed by atoms with Gasteiger partial charge in [-0.25, -0.2) is 8.42 Å². The van der Waals surface area contributed by atoms with E-state index in [4.69, 9.17) is 4.74 Å². The van der Waals surface area contributed by atoms with Gasteiger partial charge in [-0.1, -0.05) is 29.8 Å². The molecule has 5 heteroatoms. The molecule has 0 amide bonds. The van der Waals surface area contributed by atoms with E-state index in [9.17, 15) is 8.42 Å². The molecule has 3 rings (SSSR count). The minimum Gasteiger partial charge on any atom is -0.495 e. The largest absolute Gasteiger partial charge is 0.495 e. The molecule has 0 heterocycles. The van der Waals surface area contributed by atoms with Crippen LogP contribution in [0.4, 0.5) is 11.4 Å². The number of sulfone groups is 1. The Morgan fingerprint density at radius 3 is 2.04 bits per heavy atom. The Morgan fingerprint density at radius 1 is 0.741 bits per heavy atom. The summed E-state index contributed by atoms with van der Waals surface area (Å²) < 4.78 is 31.3. The third kappa shape index (κ3) is 3.98. The van der Waals surface area contributed by atoms with Gasteiger partial charge in [-0.2, -0.15) is 0 Å². The van der Waals surface area contributed by atoms with Crippen molar-refractivity contribution in [1.29, 1.82) is 0 Å². The fraction of sp³-hybridized carbons (Fsp3) is 0.182. The molecule has 0 saturated heterocycles. The first kappa shape index (κ1) is 19.0. The molecule has 0 aliphatic carbocycles. The number of hydrogen-bond acceptors (Lipinski definition) is 4. The average molecular weight is 381 g/mol. The number of benzene rings is 3. The lowest BCUT2D eigenvalue weighted by Gasteiger charge is -2.15. The quantitative estimate of drug-likeness (QED) is 0.660. The van der Waals surface area contributed by atoms with Crippen LogP contribution in [0, 0.1) is 20.8 Å². The molecule has 0 aromatic heterocycles. The van der Waals surface area contributed by atoms with Crippen LogP contribution < -0.4 is 10.1 Å². The van der Waals surface area contributed by atoms with Gasteiger partial charge in [0.05, 0.1) is 22.6 Å². The summed E-state index contributed by atoms with van der Waals surface area (Å²) in [6.45, 7) is 5.97. The number of aryl methyl sites for hydroxylation is 3. The standard InChI is InChI=1S/C22H23NO3S/c1-15-6-9-18(10-7-15)27(24,25)19-11-12-20(22(14-19)26-4)23-21-13-16(2)5-8-17(21)3/h5-14,23H,1-4H3. The molecule has 0 aliphatic heterocycles. The molecule has 0 atom stereocenters. The Bertz CT molecular complexity index is 1070. The second-order valence-electron chi connectivity index (χ2n) is 6.62. The van der Waals surface area contributed by atoms with Crippen molar-refractivity contribution in [3.8, 4) is 5.75 Å². The molecule has 27 heavy (non-hydrogen) atoms. The van der Waals surface area contributed by atoms with Crippen molar-refractivity contribution < 1.29 is 13.2 Å². The zero-order valence-corrected chi connectivity index (χ0v) is 16.7. The Balaban J connectivity index is 1.99. The lowest BCUT2D eigenvalue weighted by atomic mass is 10.1. The molecule has 1 N–H and O–H groups in total. The molecule has 0 bridgehead atoms. The van der Waals surface area contributed by atoms with Gasteiger partial charge in [-0.3, -0.25) is 0 Å². The normalized spacial score (nSPS) is 11.3. The second-order valence-corrected chi connectivity index (χ2v) is 8.57. The van der Waals surface area contributed by atoms with Gasteiger partial charge in [0.1, 0.15) is 5.75 Å². The van der Waals surface area contributed by atoms with Gasteiger partial charge in [0.2, 0.25) is 9.84 Å². The first-order valence-electron chi connectivity index (χ1n) is 8.65. The summed E-state index contributed by atoms with van der Waals surface area (Å²) in [5, 5.41) is 3.34. The van der Waals surface area contributed by atoms with Crippen LogP contribution in [0.2, 0.25) is 0 Å². The third-order valence-electron chi connectivity index (χ3n) is 4.48. The zero-order chi connectivity index (χ0) is 19.6. The van der Waals surface area contributed by atoms with E-state index in [2.05, 4.69) is 11.4 Å². The number of anilines is 2. The van der Waals surface area contributed by atoms with Crippen molar-refractivity contribution in [3.05, 3.63) is 77.4 Å². The van der Waals surface area contributed by atoms with E-state index in [-0.39, 0.29) is 9.79 Å². The van der Waals surface area contributed by atoms with Crippen LogP contribution in [0.25, 0.3) is 0 Å². The summed E-state index contributed by atoms with van der Waals surface area (Å²) in [6.07, 6.45) is 0. The Morgan fingerprint density at radius 2 is 1.37 bits per heavy atom. The van der Waals surface area contributed by atoms with Crippen molar-refractivity contribution in [2.45, 2.75) is 30.6 Å². The summed E-state index contributed by atoms with van der Waals surface area (Å²) in [5.41, 5.74) is 4.93. The van der Waals surface area contributed by atoms with Gasteiger partial charge in [-0.15, -0.1) is 0 Å². The maximum absolute atomic E-state index is 12.9. The van der Waals surface area contributed by atoms with Crippen LogP contribution in [0.1, 0.15) is 16.7 Å². The fourth-order valence-electron chi connectivity index (χ4n) is 2.81. The van der Waals surface area contributed by atoms with E-state index in [0.29, 0.717) is 11.4 Å². The molecule has 0 unspecified atom stereocenters. The highest BCUT2D eigenvalue weighted by Crippen LogP contribution is 2.33. The van der Waals surface area contributed by atoms with Crippen LogP contribution in [-0.2, 0) is 9.84 Å². The average Bonchev–Trinajstić information content (AvgIpc) is 2.65. The van der Waals surface area contributed by atoms with Crippen LogP contribution in [-0.4, -0.2) is 15.5 Å². The second kappa shape index (κ2) is 7.45. The lowest BCUT2D eigenvalue weighted by molar-refractivity contribution is 0.415. The Hall–Kier alpha value is -2.79. The molecule has 0 aliphatic rings. The van der Waals surface area contributed by atoms with Crippen molar-refractivity contribution >= 4 is 21.2 Å². The monoisotopic (exact) mass is 381 g/mol. The Labute approximate surface area is 160 Å². The zero-order valence-electron chi connectivity index (χ0n) is 15.9. The number of hydrogen-bond donors (Lipinski definition) is 1.